The fraction of sp³-hybridized carbons (Fsp3) is 0.529. The van der Waals surface area contributed by atoms with Gasteiger partial charge >= 0.3 is 0 Å². The van der Waals surface area contributed by atoms with Crippen molar-refractivity contribution in [2.24, 2.45) is 0 Å². The fourth-order valence-corrected chi connectivity index (χ4v) is 2.46. The molecule has 1 aliphatic rings. The highest BCUT2D eigenvalue weighted by atomic mass is 19.3. The Hall–Kier alpha value is -1.98. The van der Waals surface area contributed by atoms with Crippen LogP contribution in [0.25, 0.3) is 0 Å². The number of nitrogens with zero attached hydrogens (tertiary/aromatic N) is 1. The Bertz CT molecular complexity index is 579. The van der Waals surface area contributed by atoms with Crippen molar-refractivity contribution in [3.05, 3.63) is 35.4 Å². The van der Waals surface area contributed by atoms with E-state index in [2.05, 4.69) is 26.1 Å². The van der Waals surface area contributed by atoms with Gasteiger partial charge in [0.15, 0.2) is 0 Å². The molecule has 1 N–H and O–H groups in total. The van der Waals surface area contributed by atoms with E-state index in [4.69, 9.17) is 0 Å². The lowest BCUT2D eigenvalue weighted by Crippen LogP contribution is -2.57. The second kappa shape index (κ2) is 6.64. The number of nitrogens with one attached hydrogen (secondary N) is 1. The van der Waals surface area contributed by atoms with Gasteiger partial charge in [0.25, 0.3) is 12.3 Å². The number of likely N-dealkylation sites (tertiary alicyclic amines) is 1. The van der Waals surface area contributed by atoms with Gasteiger partial charge in [0.05, 0.1) is 12.6 Å². The third-order valence-electron chi connectivity index (χ3n) is 4.09. The van der Waals surface area contributed by atoms with Crippen LogP contribution in [0.2, 0.25) is 0 Å². The first-order valence-corrected chi connectivity index (χ1v) is 7.66. The zero-order valence-corrected chi connectivity index (χ0v) is 13.6. The number of rotatable bonds is 4. The summed E-state index contributed by atoms with van der Waals surface area (Å²) in [5, 5.41) is 2.49. The summed E-state index contributed by atoms with van der Waals surface area (Å²) in [6, 6.07) is 6.14. The first kappa shape index (κ1) is 17.4. The Kier molecular flexibility index (Phi) is 5.02. The third kappa shape index (κ3) is 4.06. The van der Waals surface area contributed by atoms with Crippen molar-refractivity contribution in [1.29, 1.82) is 0 Å². The first-order valence-electron chi connectivity index (χ1n) is 7.66. The Balaban J connectivity index is 1.89. The van der Waals surface area contributed by atoms with E-state index in [-0.39, 0.29) is 17.9 Å². The minimum Gasteiger partial charge on any atom is -0.343 e. The summed E-state index contributed by atoms with van der Waals surface area (Å²) in [5.74, 6) is -0.853. The third-order valence-corrected chi connectivity index (χ3v) is 4.09. The van der Waals surface area contributed by atoms with Crippen molar-refractivity contribution in [1.82, 2.24) is 10.2 Å². The van der Waals surface area contributed by atoms with Crippen LogP contribution >= 0.6 is 0 Å². The summed E-state index contributed by atoms with van der Waals surface area (Å²) in [4.78, 5) is 25.0. The molecule has 1 aliphatic heterocycles. The second-order valence-electron chi connectivity index (χ2n) is 6.79. The van der Waals surface area contributed by atoms with Gasteiger partial charge in [-0.3, -0.25) is 9.59 Å². The smallest absolute Gasteiger partial charge is 0.258 e. The monoisotopic (exact) mass is 324 g/mol. The number of hydrogen-bond donors (Lipinski definition) is 1. The van der Waals surface area contributed by atoms with Crippen molar-refractivity contribution in [3.63, 3.8) is 0 Å². The SMILES string of the molecule is CC(C)(C)c1ccc(C(=O)NCC(=O)N2CCC2C(F)F)cc1. The van der Waals surface area contributed by atoms with Crippen molar-refractivity contribution in [2.75, 3.05) is 13.1 Å². The zero-order chi connectivity index (χ0) is 17.2. The molecule has 1 aromatic rings. The highest BCUT2D eigenvalue weighted by Crippen LogP contribution is 2.23. The van der Waals surface area contributed by atoms with Gasteiger partial charge in [0.1, 0.15) is 0 Å². The number of amides is 2. The molecule has 1 aromatic carbocycles. The number of benzene rings is 1. The van der Waals surface area contributed by atoms with Crippen LogP contribution in [-0.2, 0) is 10.2 Å². The van der Waals surface area contributed by atoms with Gasteiger partial charge in [-0.15, -0.1) is 0 Å². The van der Waals surface area contributed by atoms with Gasteiger partial charge in [0.2, 0.25) is 5.91 Å². The van der Waals surface area contributed by atoms with Crippen molar-refractivity contribution in [2.45, 2.75) is 45.1 Å². The van der Waals surface area contributed by atoms with Crippen molar-refractivity contribution >= 4 is 11.8 Å². The van der Waals surface area contributed by atoms with E-state index in [9.17, 15) is 18.4 Å². The molecule has 6 heteroatoms. The Morgan fingerprint density at radius 2 is 1.87 bits per heavy atom. The normalized spacial score (nSPS) is 17.8. The summed E-state index contributed by atoms with van der Waals surface area (Å²) >= 11 is 0. The molecule has 0 saturated carbocycles. The fourth-order valence-electron chi connectivity index (χ4n) is 2.46. The van der Waals surface area contributed by atoms with E-state index in [1.165, 1.54) is 0 Å². The highest BCUT2D eigenvalue weighted by molar-refractivity contribution is 5.96. The molecular weight excluding hydrogens is 302 g/mol. The lowest BCUT2D eigenvalue weighted by atomic mass is 9.87. The average molecular weight is 324 g/mol. The van der Waals surface area contributed by atoms with E-state index in [0.717, 1.165) is 10.5 Å². The molecule has 0 aliphatic carbocycles. The van der Waals surface area contributed by atoms with Gasteiger partial charge in [0, 0.05) is 12.1 Å². The van der Waals surface area contributed by atoms with Crippen LogP contribution in [0.3, 0.4) is 0 Å². The van der Waals surface area contributed by atoms with E-state index in [0.29, 0.717) is 18.5 Å². The second-order valence-corrected chi connectivity index (χ2v) is 6.79. The molecule has 1 unspecified atom stereocenters. The maximum atomic E-state index is 12.6. The van der Waals surface area contributed by atoms with Crippen LogP contribution in [0.15, 0.2) is 24.3 Å². The van der Waals surface area contributed by atoms with Crippen molar-refractivity contribution < 1.29 is 18.4 Å². The predicted octanol–water partition coefficient (Wildman–Crippen LogP) is 2.58. The number of halogens is 2. The zero-order valence-electron chi connectivity index (χ0n) is 13.6. The van der Waals surface area contributed by atoms with Crippen LogP contribution < -0.4 is 5.32 Å². The van der Waals surface area contributed by atoms with Gasteiger partial charge < -0.3 is 10.2 Å². The summed E-state index contributed by atoms with van der Waals surface area (Å²) in [5.41, 5.74) is 1.54. The summed E-state index contributed by atoms with van der Waals surface area (Å²) in [6.45, 7) is 6.29. The Morgan fingerprint density at radius 1 is 1.26 bits per heavy atom. The van der Waals surface area contributed by atoms with E-state index in [1.807, 2.05) is 12.1 Å². The van der Waals surface area contributed by atoms with E-state index in [1.54, 1.807) is 12.1 Å². The maximum Gasteiger partial charge on any atom is 0.258 e. The van der Waals surface area contributed by atoms with Crippen molar-refractivity contribution in [3.8, 4) is 0 Å². The van der Waals surface area contributed by atoms with Crippen LogP contribution in [0.5, 0.6) is 0 Å². The maximum absolute atomic E-state index is 12.6. The quantitative estimate of drug-likeness (QED) is 0.925. The summed E-state index contributed by atoms with van der Waals surface area (Å²) in [7, 11) is 0. The molecule has 4 nitrogen and oxygen atoms in total. The number of alkyl halides is 2. The molecule has 0 bridgehead atoms. The van der Waals surface area contributed by atoms with Gasteiger partial charge in [-0.05, 0) is 29.5 Å². The molecule has 2 rings (SSSR count). The average Bonchev–Trinajstić information content (AvgIpc) is 2.42. The highest BCUT2D eigenvalue weighted by Gasteiger charge is 2.38. The summed E-state index contributed by atoms with van der Waals surface area (Å²) in [6.07, 6.45) is -2.22. The largest absolute Gasteiger partial charge is 0.343 e. The first-order chi connectivity index (χ1) is 10.7. The Labute approximate surface area is 134 Å². The van der Waals surface area contributed by atoms with Crippen LogP contribution in [0, 0.1) is 0 Å². The summed E-state index contributed by atoms with van der Waals surface area (Å²) < 4.78 is 25.2. The van der Waals surface area contributed by atoms with Gasteiger partial charge in [-0.1, -0.05) is 32.9 Å². The minimum atomic E-state index is -2.53. The molecular formula is C17H22F2N2O2. The molecule has 2 amide bonds. The minimum absolute atomic E-state index is 0.00718. The van der Waals surface area contributed by atoms with Crippen LogP contribution in [0.1, 0.15) is 43.1 Å². The number of hydrogen-bond acceptors (Lipinski definition) is 2. The molecule has 0 aromatic heterocycles. The number of carbonyl (C=O) groups is 2. The number of carbonyl (C=O) groups excluding carboxylic acids is 2. The Morgan fingerprint density at radius 3 is 2.30 bits per heavy atom. The standard InChI is InChI=1S/C17H22F2N2O2/c1-17(2,3)12-6-4-11(5-7-12)16(23)20-10-14(22)21-9-8-13(21)15(18)19/h4-7,13,15H,8-10H2,1-3H3,(H,20,23). The lowest BCUT2D eigenvalue weighted by molar-refractivity contribution is -0.144. The molecule has 23 heavy (non-hydrogen) atoms. The molecule has 1 heterocycles. The molecule has 1 atom stereocenters. The predicted molar refractivity (Wildman–Crippen MR) is 83.6 cm³/mol. The van der Waals surface area contributed by atoms with Gasteiger partial charge in [-0.2, -0.15) is 0 Å². The molecule has 1 fully saturated rings. The van der Waals surface area contributed by atoms with Crippen LogP contribution in [0.4, 0.5) is 8.78 Å². The van der Waals surface area contributed by atoms with Crippen LogP contribution in [-0.4, -0.2) is 42.3 Å². The molecule has 0 spiro atoms. The van der Waals surface area contributed by atoms with Gasteiger partial charge in [-0.25, -0.2) is 8.78 Å². The molecule has 0 radical (unpaired) electrons. The van der Waals surface area contributed by atoms with E-state index >= 15 is 0 Å². The molecule has 126 valence electrons. The van der Waals surface area contributed by atoms with E-state index < -0.39 is 18.4 Å². The topological polar surface area (TPSA) is 49.4 Å². The lowest BCUT2D eigenvalue weighted by Gasteiger charge is -2.40. The molecule has 1 saturated heterocycles.